The Labute approximate surface area is 130 Å². The van der Waals surface area contributed by atoms with Gasteiger partial charge in [0, 0.05) is 24.3 Å². The van der Waals surface area contributed by atoms with Gasteiger partial charge in [-0.15, -0.1) is 0 Å². The molecule has 2 aromatic rings. The van der Waals surface area contributed by atoms with Crippen LogP contribution in [-0.2, 0) is 6.42 Å². The molecule has 1 aromatic heterocycles. The minimum atomic E-state index is -0.00429. The summed E-state index contributed by atoms with van der Waals surface area (Å²) in [6.07, 6.45) is 1.97. The van der Waals surface area contributed by atoms with Crippen molar-refractivity contribution in [2.45, 2.75) is 26.7 Å². The standard InChI is InChI=1S/C17H22N2OS/c1-3-8-18-16-5-4-15(11-13(16)2)17(20)19-9-6-14-7-10-21-12-14/h4-5,7,10-12,18H,3,6,8-9H2,1-2H3,(H,19,20). The number of carbonyl (C=O) groups excluding carboxylic acids is 1. The molecule has 3 nitrogen and oxygen atoms in total. The summed E-state index contributed by atoms with van der Waals surface area (Å²) in [5, 5.41) is 10.5. The molecule has 112 valence electrons. The van der Waals surface area contributed by atoms with Gasteiger partial charge in [0.25, 0.3) is 5.91 Å². The maximum Gasteiger partial charge on any atom is 0.251 e. The highest BCUT2D eigenvalue weighted by Gasteiger charge is 2.07. The highest BCUT2D eigenvalue weighted by Crippen LogP contribution is 2.16. The Kier molecular flexibility index (Phi) is 5.81. The van der Waals surface area contributed by atoms with E-state index in [9.17, 15) is 4.79 Å². The van der Waals surface area contributed by atoms with Gasteiger partial charge < -0.3 is 10.6 Å². The summed E-state index contributed by atoms with van der Waals surface area (Å²) in [5.41, 5.74) is 4.20. The van der Waals surface area contributed by atoms with Gasteiger partial charge in [0.05, 0.1) is 0 Å². The fourth-order valence-corrected chi connectivity index (χ4v) is 2.82. The third-order valence-electron chi connectivity index (χ3n) is 3.33. The van der Waals surface area contributed by atoms with Crippen LogP contribution in [0.3, 0.4) is 0 Å². The predicted octanol–water partition coefficient (Wildman–Crippen LogP) is 3.85. The van der Waals surface area contributed by atoms with Crippen molar-refractivity contribution in [1.82, 2.24) is 5.32 Å². The summed E-state index contributed by atoms with van der Waals surface area (Å²) < 4.78 is 0. The van der Waals surface area contributed by atoms with Gasteiger partial charge in [0.1, 0.15) is 0 Å². The van der Waals surface area contributed by atoms with E-state index in [1.807, 2.05) is 25.1 Å². The lowest BCUT2D eigenvalue weighted by molar-refractivity contribution is 0.0954. The van der Waals surface area contributed by atoms with Crippen LogP contribution in [0.4, 0.5) is 5.69 Å². The topological polar surface area (TPSA) is 41.1 Å². The molecule has 0 spiro atoms. The Balaban J connectivity index is 1.88. The van der Waals surface area contributed by atoms with Crippen LogP contribution in [0.15, 0.2) is 35.0 Å². The minimum absolute atomic E-state index is 0.00429. The van der Waals surface area contributed by atoms with Gasteiger partial charge in [-0.05, 0) is 65.9 Å². The van der Waals surface area contributed by atoms with Crippen molar-refractivity contribution < 1.29 is 4.79 Å². The molecule has 0 radical (unpaired) electrons. The van der Waals surface area contributed by atoms with Crippen LogP contribution in [0.5, 0.6) is 0 Å². The number of aryl methyl sites for hydroxylation is 1. The van der Waals surface area contributed by atoms with Gasteiger partial charge in [0.2, 0.25) is 0 Å². The van der Waals surface area contributed by atoms with Crippen molar-refractivity contribution in [2.75, 3.05) is 18.4 Å². The zero-order valence-electron chi connectivity index (χ0n) is 12.6. The second-order valence-corrected chi connectivity index (χ2v) is 5.87. The normalized spacial score (nSPS) is 10.4. The Morgan fingerprint density at radius 1 is 1.24 bits per heavy atom. The molecule has 0 saturated carbocycles. The Bertz CT molecular complexity index is 578. The molecule has 0 saturated heterocycles. The molecule has 1 aromatic carbocycles. The van der Waals surface area contributed by atoms with E-state index >= 15 is 0 Å². The molecule has 1 amide bonds. The number of thiophene rings is 1. The molecule has 0 unspecified atom stereocenters. The summed E-state index contributed by atoms with van der Waals surface area (Å²) >= 11 is 1.69. The number of amides is 1. The number of benzene rings is 1. The van der Waals surface area contributed by atoms with Crippen LogP contribution < -0.4 is 10.6 Å². The lowest BCUT2D eigenvalue weighted by atomic mass is 10.1. The van der Waals surface area contributed by atoms with Gasteiger partial charge in [-0.3, -0.25) is 4.79 Å². The number of anilines is 1. The Morgan fingerprint density at radius 2 is 2.10 bits per heavy atom. The molecular formula is C17H22N2OS. The average Bonchev–Trinajstić information content (AvgIpc) is 2.99. The SMILES string of the molecule is CCCNc1ccc(C(=O)NCCc2ccsc2)cc1C. The molecule has 0 aliphatic heterocycles. The molecule has 0 aliphatic carbocycles. The van der Waals surface area contributed by atoms with E-state index in [0.29, 0.717) is 6.54 Å². The highest BCUT2D eigenvalue weighted by molar-refractivity contribution is 7.07. The molecule has 0 bridgehead atoms. The van der Waals surface area contributed by atoms with E-state index < -0.39 is 0 Å². The quantitative estimate of drug-likeness (QED) is 0.815. The van der Waals surface area contributed by atoms with Gasteiger partial charge in [-0.25, -0.2) is 0 Å². The van der Waals surface area contributed by atoms with Crippen molar-refractivity contribution in [3.63, 3.8) is 0 Å². The summed E-state index contributed by atoms with van der Waals surface area (Å²) in [6.45, 7) is 5.79. The first-order valence-corrected chi connectivity index (χ1v) is 8.28. The van der Waals surface area contributed by atoms with Gasteiger partial charge in [-0.2, -0.15) is 11.3 Å². The van der Waals surface area contributed by atoms with Crippen molar-refractivity contribution in [2.24, 2.45) is 0 Å². The van der Waals surface area contributed by atoms with Crippen molar-refractivity contribution in [3.05, 3.63) is 51.7 Å². The summed E-state index contributed by atoms with van der Waals surface area (Å²) in [7, 11) is 0. The zero-order valence-corrected chi connectivity index (χ0v) is 13.4. The molecule has 2 N–H and O–H groups in total. The fraction of sp³-hybridized carbons (Fsp3) is 0.353. The first kappa shape index (κ1) is 15.6. The number of carbonyl (C=O) groups is 1. The lowest BCUT2D eigenvalue weighted by Gasteiger charge is -2.10. The van der Waals surface area contributed by atoms with E-state index in [1.54, 1.807) is 11.3 Å². The molecule has 21 heavy (non-hydrogen) atoms. The van der Waals surface area contributed by atoms with Crippen LogP contribution in [-0.4, -0.2) is 19.0 Å². The van der Waals surface area contributed by atoms with Crippen molar-refractivity contribution in [1.29, 1.82) is 0 Å². The van der Waals surface area contributed by atoms with Crippen LogP contribution in [0.2, 0.25) is 0 Å². The first-order valence-electron chi connectivity index (χ1n) is 7.34. The molecule has 0 aliphatic rings. The summed E-state index contributed by atoms with van der Waals surface area (Å²) in [4.78, 5) is 12.1. The van der Waals surface area contributed by atoms with Gasteiger partial charge >= 0.3 is 0 Å². The summed E-state index contributed by atoms with van der Waals surface area (Å²) in [5.74, 6) is -0.00429. The highest BCUT2D eigenvalue weighted by atomic mass is 32.1. The second kappa shape index (κ2) is 7.84. The van der Waals surface area contributed by atoms with E-state index in [1.165, 1.54) is 5.56 Å². The molecule has 1 heterocycles. The second-order valence-electron chi connectivity index (χ2n) is 5.09. The van der Waals surface area contributed by atoms with E-state index in [4.69, 9.17) is 0 Å². The largest absolute Gasteiger partial charge is 0.385 e. The number of rotatable bonds is 7. The molecule has 2 rings (SSSR count). The number of hydrogen-bond acceptors (Lipinski definition) is 3. The van der Waals surface area contributed by atoms with Crippen molar-refractivity contribution >= 4 is 22.9 Å². The predicted molar refractivity (Wildman–Crippen MR) is 90.3 cm³/mol. The summed E-state index contributed by atoms with van der Waals surface area (Å²) in [6, 6.07) is 7.90. The van der Waals surface area contributed by atoms with E-state index in [0.717, 1.165) is 36.2 Å². The zero-order chi connectivity index (χ0) is 15.1. The number of hydrogen-bond donors (Lipinski definition) is 2. The van der Waals surface area contributed by atoms with Gasteiger partial charge in [-0.1, -0.05) is 6.92 Å². The van der Waals surface area contributed by atoms with Crippen molar-refractivity contribution in [3.8, 4) is 0 Å². The fourth-order valence-electron chi connectivity index (χ4n) is 2.12. The van der Waals surface area contributed by atoms with E-state index in [-0.39, 0.29) is 5.91 Å². The van der Waals surface area contributed by atoms with E-state index in [2.05, 4.69) is 34.4 Å². The van der Waals surface area contributed by atoms with Crippen LogP contribution in [0.1, 0.15) is 34.8 Å². The maximum absolute atomic E-state index is 12.1. The molecular weight excluding hydrogens is 280 g/mol. The third kappa shape index (κ3) is 4.60. The third-order valence-corrected chi connectivity index (χ3v) is 4.07. The maximum atomic E-state index is 12.1. The lowest BCUT2D eigenvalue weighted by Crippen LogP contribution is -2.25. The van der Waals surface area contributed by atoms with Gasteiger partial charge in [0.15, 0.2) is 0 Å². The Morgan fingerprint density at radius 3 is 2.76 bits per heavy atom. The molecule has 0 atom stereocenters. The first-order chi connectivity index (χ1) is 10.2. The van der Waals surface area contributed by atoms with Crippen LogP contribution in [0, 0.1) is 6.92 Å². The molecule has 4 heteroatoms. The smallest absolute Gasteiger partial charge is 0.251 e. The molecule has 0 fully saturated rings. The monoisotopic (exact) mass is 302 g/mol. The van der Waals surface area contributed by atoms with Crippen LogP contribution >= 0.6 is 11.3 Å². The van der Waals surface area contributed by atoms with Crippen LogP contribution in [0.25, 0.3) is 0 Å². The minimum Gasteiger partial charge on any atom is -0.385 e. The Hall–Kier alpha value is -1.81. The average molecular weight is 302 g/mol. The number of nitrogens with one attached hydrogen (secondary N) is 2.